The van der Waals surface area contributed by atoms with Gasteiger partial charge < -0.3 is 0 Å². The highest BCUT2D eigenvalue weighted by Gasteiger charge is 1.94. The standard InChI is InChI=1S/C11H14S/c1-9(2)10(3)12-11-7-5-4-6-8-11/h4-8H,1-3H3. The first-order valence-corrected chi connectivity index (χ1v) is 4.89. The summed E-state index contributed by atoms with van der Waals surface area (Å²) in [5.74, 6) is 0. The molecule has 1 aromatic carbocycles. The Bertz CT molecular complexity index is 268. The summed E-state index contributed by atoms with van der Waals surface area (Å²) in [5, 5.41) is 0. The van der Waals surface area contributed by atoms with E-state index in [1.807, 2.05) is 17.8 Å². The monoisotopic (exact) mass is 178 g/mol. The highest BCUT2D eigenvalue weighted by Crippen LogP contribution is 2.27. The molecule has 1 aromatic rings. The van der Waals surface area contributed by atoms with Gasteiger partial charge in [-0.1, -0.05) is 35.5 Å². The number of hydrogen-bond acceptors (Lipinski definition) is 1. The van der Waals surface area contributed by atoms with Gasteiger partial charge in [0.1, 0.15) is 0 Å². The molecule has 0 aliphatic rings. The van der Waals surface area contributed by atoms with Crippen molar-refractivity contribution in [3.8, 4) is 0 Å². The molecule has 0 bridgehead atoms. The van der Waals surface area contributed by atoms with Crippen molar-refractivity contribution in [2.24, 2.45) is 0 Å². The van der Waals surface area contributed by atoms with Crippen LogP contribution in [0.4, 0.5) is 0 Å². The van der Waals surface area contributed by atoms with Crippen LogP contribution >= 0.6 is 11.8 Å². The molecule has 0 aliphatic heterocycles. The molecule has 1 heteroatoms. The molecular weight excluding hydrogens is 164 g/mol. The van der Waals surface area contributed by atoms with Gasteiger partial charge in [-0.3, -0.25) is 0 Å². The summed E-state index contributed by atoms with van der Waals surface area (Å²) in [5.41, 5.74) is 1.39. The van der Waals surface area contributed by atoms with Crippen LogP contribution in [0.3, 0.4) is 0 Å². The summed E-state index contributed by atoms with van der Waals surface area (Å²) in [6, 6.07) is 10.5. The van der Waals surface area contributed by atoms with E-state index in [-0.39, 0.29) is 0 Å². The van der Waals surface area contributed by atoms with Gasteiger partial charge in [0.25, 0.3) is 0 Å². The fourth-order valence-electron chi connectivity index (χ4n) is 0.767. The molecule has 0 spiro atoms. The van der Waals surface area contributed by atoms with Gasteiger partial charge in [0, 0.05) is 4.90 Å². The van der Waals surface area contributed by atoms with Crippen molar-refractivity contribution in [2.75, 3.05) is 0 Å². The van der Waals surface area contributed by atoms with Crippen LogP contribution in [0, 0.1) is 0 Å². The molecule has 64 valence electrons. The molecule has 0 unspecified atom stereocenters. The lowest BCUT2D eigenvalue weighted by Gasteiger charge is -2.02. The number of allylic oxidation sites excluding steroid dienone is 2. The molecule has 0 aromatic heterocycles. The lowest BCUT2D eigenvalue weighted by Crippen LogP contribution is -1.74. The van der Waals surface area contributed by atoms with Crippen LogP contribution < -0.4 is 0 Å². The average Bonchev–Trinajstić information content (AvgIpc) is 2.06. The van der Waals surface area contributed by atoms with Gasteiger partial charge in [0.05, 0.1) is 0 Å². The number of rotatable bonds is 2. The minimum Gasteiger partial charge on any atom is -0.0949 e. The quantitative estimate of drug-likeness (QED) is 0.615. The van der Waals surface area contributed by atoms with Gasteiger partial charge in [-0.2, -0.15) is 0 Å². The minimum absolute atomic E-state index is 1.32. The van der Waals surface area contributed by atoms with Gasteiger partial charge in [-0.15, -0.1) is 0 Å². The Balaban J connectivity index is 2.72. The summed E-state index contributed by atoms with van der Waals surface area (Å²) >= 11 is 1.83. The van der Waals surface area contributed by atoms with Crippen molar-refractivity contribution in [3.05, 3.63) is 40.8 Å². The Kier molecular flexibility index (Phi) is 3.42. The lowest BCUT2D eigenvalue weighted by atomic mass is 10.3. The second-order valence-electron chi connectivity index (χ2n) is 2.97. The van der Waals surface area contributed by atoms with Crippen molar-refractivity contribution in [2.45, 2.75) is 25.7 Å². The maximum Gasteiger partial charge on any atom is 0.0118 e. The molecule has 0 nitrogen and oxygen atoms in total. The average molecular weight is 178 g/mol. The predicted octanol–water partition coefficient (Wildman–Crippen LogP) is 4.09. The van der Waals surface area contributed by atoms with E-state index in [9.17, 15) is 0 Å². The molecule has 12 heavy (non-hydrogen) atoms. The maximum absolute atomic E-state index is 2.16. The molecule has 0 heterocycles. The molecule has 0 atom stereocenters. The zero-order chi connectivity index (χ0) is 8.97. The highest BCUT2D eigenvalue weighted by atomic mass is 32.2. The smallest absolute Gasteiger partial charge is 0.0118 e. The van der Waals surface area contributed by atoms with Crippen LogP contribution in [-0.4, -0.2) is 0 Å². The third-order valence-corrected chi connectivity index (χ3v) is 2.94. The topological polar surface area (TPSA) is 0 Å². The summed E-state index contributed by atoms with van der Waals surface area (Å²) in [6.45, 7) is 6.45. The minimum atomic E-state index is 1.32. The number of benzene rings is 1. The first kappa shape index (κ1) is 9.40. The summed E-state index contributed by atoms with van der Waals surface area (Å²) in [7, 11) is 0. The Labute approximate surface area is 78.7 Å². The molecule has 0 N–H and O–H groups in total. The fraction of sp³-hybridized carbons (Fsp3) is 0.273. The second-order valence-corrected chi connectivity index (χ2v) is 4.26. The Morgan fingerprint density at radius 3 is 2.08 bits per heavy atom. The third-order valence-electron chi connectivity index (χ3n) is 1.72. The van der Waals surface area contributed by atoms with E-state index in [0.717, 1.165) is 0 Å². The molecule has 1 rings (SSSR count). The van der Waals surface area contributed by atoms with E-state index in [0.29, 0.717) is 0 Å². The Hall–Kier alpha value is -0.690. The summed E-state index contributed by atoms with van der Waals surface area (Å²) in [4.78, 5) is 2.71. The van der Waals surface area contributed by atoms with Crippen molar-refractivity contribution in [1.29, 1.82) is 0 Å². The van der Waals surface area contributed by atoms with Gasteiger partial charge >= 0.3 is 0 Å². The first-order valence-electron chi connectivity index (χ1n) is 4.07. The van der Waals surface area contributed by atoms with E-state index < -0.39 is 0 Å². The third kappa shape index (κ3) is 2.74. The van der Waals surface area contributed by atoms with E-state index >= 15 is 0 Å². The molecule has 0 fully saturated rings. The van der Waals surface area contributed by atoms with Crippen LogP contribution in [0.2, 0.25) is 0 Å². The normalized spacial score (nSPS) is 9.58. The molecular formula is C11H14S. The largest absolute Gasteiger partial charge is 0.0949 e. The number of hydrogen-bond donors (Lipinski definition) is 0. The molecule has 0 saturated heterocycles. The zero-order valence-electron chi connectivity index (χ0n) is 7.79. The van der Waals surface area contributed by atoms with Crippen molar-refractivity contribution < 1.29 is 0 Å². The molecule has 0 amide bonds. The predicted molar refractivity (Wildman–Crippen MR) is 56.3 cm³/mol. The Morgan fingerprint density at radius 1 is 1.00 bits per heavy atom. The maximum atomic E-state index is 2.16. The highest BCUT2D eigenvalue weighted by molar-refractivity contribution is 8.03. The van der Waals surface area contributed by atoms with Gasteiger partial charge in [-0.05, 0) is 37.8 Å². The van der Waals surface area contributed by atoms with Crippen molar-refractivity contribution >= 4 is 11.8 Å². The van der Waals surface area contributed by atoms with E-state index in [1.54, 1.807) is 0 Å². The fourth-order valence-corrected chi connectivity index (χ4v) is 1.62. The Morgan fingerprint density at radius 2 is 1.58 bits per heavy atom. The first-order chi connectivity index (χ1) is 5.70. The number of thioether (sulfide) groups is 1. The molecule has 0 aliphatic carbocycles. The lowest BCUT2D eigenvalue weighted by molar-refractivity contribution is 1.34. The van der Waals surface area contributed by atoms with Crippen molar-refractivity contribution in [1.82, 2.24) is 0 Å². The van der Waals surface area contributed by atoms with E-state index in [4.69, 9.17) is 0 Å². The molecule has 0 saturated carbocycles. The van der Waals surface area contributed by atoms with E-state index in [1.165, 1.54) is 15.4 Å². The van der Waals surface area contributed by atoms with Crippen LogP contribution in [0.15, 0.2) is 45.7 Å². The zero-order valence-corrected chi connectivity index (χ0v) is 8.61. The SMILES string of the molecule is CC(C)=C(C)Sc1ccccc1. The van der Waals surface area contributed by atoms with Crippen LogP contribution in [0.25, 0.3) is 0 Å². The van der Waals surface area contributed by atoms with Gasteiger partial charge in [0.2, 0.25) is 0 Å². The second kappa shape index (κ2) is 4.36. The van der Waals surface area contributed by atoms with Gasteiger partial charge in [-0.25, -0.2) is 0 Å². The van der Waals surface area contributed by atoms with Gasteiger partial charge in [0.15, 0.2) is 0 Å². The van der Waals surface area contributed by atoms with Crippen molar-refractivity contribution in [3.63, 3.8) is 0 Å². The summed E-state index contributed by atoms with van der Waals surface area (Å²) < 4.78 is 0. The van der Waals surface area contributed by atoms with E-state index in [2.05, 4.69) is 45.0 Å². The molecule has 0 radical (unpaired) electrons. The van der Waals surface area contributed by atoms with Crippen LogP contribution in [-0.2, 0) is 0 Å². The summed E-state index contributed by atoms with van der Waals surface area (Å²) in [6.07, 6.45) is 0. The van der Waals surface area contributed by atoms with Crippen LogP contribution in [0.5, 0.6) is 0 Å². The van der Waals surface area contributed by atoms with Crippen LogP contribution in [0.1, 0.15) is 20.8 Å².